The smallest absolute Gasteiger partial charge is 0.207 e. The van der Waals surface area contributed by atoms with Crippen LogP contribution in [0.1, 0.15) is 32.1 Å². The standard InChI is InChI=1S/C6H10F2/c7-6(8)4-2-1-3-5-6/h1-5H2. The molecule has 0 aromatic rings. The van der Waals surface area contributed by atoms with Crippen LogP contribution in [0.2, 0.25) is 0 Å². The van der Waals surface area contributed by atoms with Crippen LogP contribution in [0.4, 0.5) is 8.78 Å². The second kappa shape index (κ2) is 2.00. The number of hydrogen-bond acceptors (Lipinski definition) is 0. The lowest BCUT2D eigenvalue weighted by Gasteiger charge is -2.20. The Morgan fingerprint density at radius 3 is 1.62 bits per heavy atom. The molecule has 1 rings (SSSR count). The highest BCUT2D eigenvalue weighted by Gasteiger charge is 2.30. The summed E-state index contributed by atoms with van der Waals surface area (Å²) >= 11 is 0. The summed E-state index contributed by atoms with van der Waals surface area (Å²) in [5.41, 5.74) is 0. The van der Waals surface area contributed by atoms with Gasteiger partial charge < -0.3 is 0 Å². The molecule has 0 atom stereocenters. The average Bonchev–Trinajstić information content (AvgIpc) is 1.65. The molecule has 2 heteroatoms. The van der Waals surface area contributed by atoms with E-state index < -0.39 is 5.92 Å². The molecule has 0 spiro atoms. The number of hydrogen-bond donors (Lipinski definition) is 0. The van der Waals surface area contributed by atoms with E-state index in [0.29, 0.717) is 12.8 Å². The fraction of sp³-hybridized carbons (Fsp3) is 1.00. The minimum Gasteiger partial charge on any atom is -0.207 e. The fourth-order valence-corrected chi connectivity index (χ4v) is 1.07. The van der Waals surface area contributed by atoms with Gasteiger partial charge in [-0.25, -0.2) is 8.78 Å². The first-order valence-electron chi connectivity index (χ1n) is 3.09. The molecule has 0 heterocycles. The Kier molecular flexibility index (Phi) is 1.49. The van der Waals surface area contributed by atoms with Gasteiger partial charge in [-0.1, -0.05) is 6.42 Å². The Labute approximate surface area is 47.9 Å². The summed E-state index contributed by atoms with van der Waals surface area (Å²) in [5, 5.41) is 0. The molecule has 1 saturated carbocycles. The Balaban J connectivity index is 2.33. The van der Waals surface area contributed by atoms with Crippen molar-refractivity contribution >= 4 is 0 Å². The van der Waals surface area contributed by atoms with Gasteiger partial charge in [0.05, 0.1) is 0 Å². The van der Waals surface area contributed by atoms with E-state index >= 15 is 0 Å². The molecular weight excluding hydrogens is 110 g/mol. The summed E-state index contributed by atoms with van der Waals surface area (Å²) in [6.07, 6.45) is 2.66. The zero-order chi connectivity index (χ0) is 6.04. The van der Waals surface area contributed by atoms with Gasteiger partial charge in [0.15, 0.2) is 0 Å². The molecular formula is C6H10F2. The molecule has 0 radical (unpaired) electrons. The largest absolute Gasteiger partial charge is 0.248 e. The van der Waals surface area contributed by atoms with Crippen molar-refractivity contribution in [3.8, 4) is 0 Å². The second-order valence-corrected chi connectivity index (χ2v) is 2.42. The molecule has 1 fully saturated rings. The second-order valence-electron chi connectivity index (χ2n) is 2.42. The molecule has 1 aliphatic rings. The highest BCUT2D eigenvalue weighted by Crippen LogP contribution is 2.32. The molecule has 48 valence electrons. The number of alkyl halides is 2. The lowest BCUT2D eigenvalue weighted by atomic mass is 9.97. The Morgan fingerprint density at radius 2 is 1.38 bits per heavy atom. The zero-order valence-electron chi connectivity index (χ0n) is 4.79. The van der Waals surface area contributed by atoms with E-state index in [4.69, 9.17) is 0 Å². The lowest BCUT2D eigenvalue weighted by molar-refractivity contribution is -0.0337. The third-order valence-corrected chi connectivity index (χ3v) is 1.59. The lowest BCUT2D eigenvalue weighted by Crippen LogP contribution is -2.18. The maximum absolute atomic E-state index is 12.2. The van der Waals surface area contributed by atoms with Crippen molar-refractivity contribution < 1.29 is 8.78 Å². The maximum Gasteiger partial charge on any atom is 0.248 e. The molecule has 0 aromatic heterocycles. The van der Waals surface area contributed by atoms with Crippen molar-refractivity contribution in [2.24, 2.45) is 0 Å². The van der Waals surface area contributed by atoms with Gasteiger partial charge in [0.25, 0.3) is 0 Å². The van der Waals surface area contributed by atoms with Crippen LogP contribution in [-0.4, -0.2) is 5.92 Å². The van der Waals surface area contributed by atoms with Crippen LogP contribution >= 0.6 is 0 Å². The molecule has 1 aliphatic carbocycles. The highest BCUT2D eigenvalue weighted by atomic mass is 19.3. The Hall–Kier alpha value is -0.140. The first kappa shape index (κ1) is 5.99. The van der Waals surface area contributed by atoms with Crippen molar-refractivity contribution in [1.29, 1.82) is 0 Å². The summed E-state index contributed by atoms with van der Waals surface area (Å²) in [6.45, 7) is 0. The SMILES string of the molecule is FC1(F)CCCCC1. The predicted molar refractivity (Wildman–Crippen MR) is 28.0 cm³/mol. The van der Waals surface area contributed by atoms with Crippen molar-refractivity contribution in [1.82, 2.24) is 0 Å². The highest BCUT2D eigenvalue weighted by molar-refractivity contribution is 4.70. The van der Waals surface area contributed by atoms with E-state index in [2.05, 4.69) is 0 Å². The third kappa shape index (κ3) is 1.42. The first-order chi connectivity index (χ1) is 3.71. The van der Waals surface area contributed by atoms with Crippen LogP contribution in [-0.2, 0) is 0 Å². The summed E-state index contributed by atoms with van der Waals surface area (Å²) < 4.78 is 24.4. The molecule has 0 amide bonds. The minimum absolute atomic E-state index is 0.118. The molecule has 0 aromatic carbocycles. The predicted octanol–water partition coefficient (Wildman–Crippen LogP) is 2.59. The Morgan fingerprint density at radius 1 is 0.875 bits per heavy atom. The number of halogens is 2. The van der Waals surface area contributed by atoms with Crippen molar-refractivity contribution in [2.75, 3.05) is 0 Å². The van der Waals surface area contributed by atoms with E-state index in [0.717, 1.165) is 6.42 Å². The van der Waals surface area contributed by atoms with Crippen LogP contribution in [0.25, 0.3) is 0 Å². The van der Waals surface area contributed by atoms with Crippen LogP contribution in [0, 0.1) is 0 Å². The molecule has 0 saturated heterocycles. The molecule has 0 unspecified atom stereocenters. The van der Waals surface area contributed by atoms with E-state index in [1.54, 1.807) is 0 Å². The van der Waals surface area contributed by atoms with Crippen molar-refractivity contribution in [2.45, 2.75) is 38.0 Å². The van der Waals surface area contributed by atoms with Gasteiger partial charge in [-0.15, -0.1) is 0 Å². The zero-order valence-corrected chi connectivity index (χ0v) is 4.79. The van der Waals surface area contributed by atoms with Crippen LogP contribution < -0.4 is 0 Å². The van der Waals surface area contributed by atoms with Gasteiger partial charge in [-0.3, -0.25) is 0 Å². The van der Waals surface area contributed by atoms with Crippen LogP contribution in [0.3, 0.4) is 0 Å². The first-order valence-corrected chi connectivity index (χ1v) is 3.09. The summed E-state index contributed by atoms with van der Waals surface area (Å²) in [7, 11) is 0. The van der Waals surface area contributed by atoms with Gasteiger partial charge >= 0.3 is 0 Å². The average molecular weight is 120 g/mol. The quantitative estimate of drug-likeness (QED) is 0.461. The normalized spacial score (nSPS) is 27.8. The van der Waals surface area contributed by atoms with E-state index in [9.17, 15) is 8.78 Å². The molecule has 8 heavy (non-hydrogen) atoms. The van der Waals surface area contributed by atoms with Gasteiger partial charge in [0.1, 0.15) is 0 Å². The third-order valence-electron chi connectivity index (χ3n) is 1.59. The topological polar surface area (TPSA) is 0 Å². The van der Waals surface area contributed by atoms with Gasteiger partial charge in [0, 0.05) is 12.8 Å². The van der Waals surface area contributed by atoms with Crippen LogP contribution in [0.5, 0.6) is 0 Å². The van der Waals surface area contributed by atoms with E-state index in [1.807, 2.05) is 0 Å². The molecule has 0 aliphatic heterocycles. The van der Waals surface area contributed by atoms with Crippen molar-refractivity contribution in [3.63, 3.8) is 0 Å². The number of rotatable bonds is 0. The fourth-order valence-electron chi connectivity index (χ4n) is 1.07. The van der Waals surface area contributed by atoms with Gasteiger partial charge in [-0.05, 0) is 12.8 Å². The summed E-state index contributed by atoms with van der Waals surface area (Å²) in [5.74, 6) is -2.32. The molecule has 0 N–H and O–H groups in total. The van der Waals surface area contributed by atoms with E-state index in [-0.39, 0.29) is 12.8 Å². The van der Waals surface area contributed by atoms with E-state index in [1.165, 1.54) is 0 Å². The van der Waals surface area contributed by atoms with Crippen LogP contribution in [0.15, 0.2) is 0 Å². The Bertz CT molecular complexity index is 70.6. The van der Waals surface area contributed by atoms with Crippen molar-refractivity contribution in [3.05, 3.63) is 0 Å². The molecule has 0 nitrogen and oxygen atoms in total. The van der Waals surface area contributed by atoms with Gasteiger partial charge in [0.2, 0.25) is 5.92 Å². The molecule has 0 bridgehead atoms. The summed E-state index contributed by atoms with van der Waals surface area (Å²) in [6, 6.07) is 0. The monoisotopic (exact) mass is 120 g/mol. The van der Waals surface area contributed by atoms with Gasteiger partial charge in [-0.2, -0.15) is 0 Å². The minimum atomic E-state index is -2.32. The summed E-state index contributed by atoms with van der Waals surface area (Å²) in [4.78, 5) is 0. The maximum atomic E-state index is 12.2.